The van der Waals surface area contributed by atoms with Crippen LogP contribution in [-0.2, 0) is 9.63 Å². The Morgan fingerprint density at radius 2 is 2.17 bits per heavy atom. The quantitative estimate of drug-likeness (QED) is 0.565. The molecule has 3 aromatic rings. The fraction of sp³-hybridized carbons (Fsp3) is 0.188. The number of carbonyl (C=O) groups excluding carboxylic acids is 1. The first kappa shape index (κ1) is 16.4. The lowest BCUT2D eigenvalue weighted by atomic mass is 10.3. The molecule has 0 aliphatic carbocycles. The SMILES string of the molecule is CO[NH2+]c1ccnc(N(C(C)=O)c2ccn3nccc3c2SC)c1. The van der Waals surface area contributed by atoms with Gasteiger partial charge in [-0.1, -0.05) is 0 Å². The zero-order chi connectivity index (χ0) is 17.1. The summed E-state index contributed by atoms with van der Waals surface area (Å²) in [6.07, 6.45) is 7.22. The molecule has 0 unspecified atom stereocenters. The van der Waals surface area contributed by atoms with Crippen LogP contribution in [-0.4, -0.2) is 33.9 Å². The highest BCUT2D eigenvalue weighted by atomic mass is 32.2. The van der Waals surface area contributed by atoms with Gasteiger partial charge in [0.2, 0.25) is 5.91 Å². The second-order valence-electron chi connectivity index (χ2n) is 5.05. The fourth-order valence-corrected chi connectivity index (χ4v) is 3.31. The zero-order valence-electron chi connectivity index (χ0n) is 13.6. The first-order valence-corrected chi connectivity index (χ1v) is 8.51. The molecule has 24 heavy (non-hydrogen) atoms. The van der Waals surface area contributed by atoms with Gasteiger partial charge in [0.05, 0.1) is 29.4 Å². The Balaban J connectivity index is 2.15. The Labute approximate surface area is 143 Å². The minimum Gasteiger partial charge on any atom is -0.274 e. The first-order valence-electron chi connectivity index (χ1n) is 7.29. The monoisotopic (exact) mass is 344 g/mol. The van der Waals surface area contributed by atoms with Crippen molar-refractivity contribution in [3.05, 3.63) is 42.9 Å². The lowest BCUT2D eigenvalue weighted by molar-refractivity contribution is -0.830. The Morgan fingerprint density at radius 1 is 1.33 bits per heavy atom. The maximum atomic E-state index is 12.4. The average molecular weight is 344 g/mol. The van der Waals surface area contributed by atoms with Crippen LogP contribution in [0, 0.1) is 0 Å². The van der Waals surface area contributed by atoms with Crippen molar-refractivity contribution in [3.63, 3.8) is 0 Å². The van der Waals surface area contributed by atoms with E-state index in [-0.39, 0.29) is 5.91 Å². The fourth-order valence-electron chi connectivity index (χ4n) is 2.57. The largest absolute Gasteiger partial charge is 0.274 e. The molecule has 124 valence electrons. The molecule has 0 aliphatic rings. The van der Waals surface area contributed by atoms with Gasteiger partial charge in [-0.3, -0.25) is 9.69 Å². The van der Waals surface area contributed by atoms with E-state index in [1.165, 1.54) is 6.92 Å². The van der Waals surface area contributed by atoms with Gasteiger partial charge in [0.1, 0.15) is 5.82 Å². The van der Waals surface area contributed by atoms with E-state index in [1.54, 1.807) is 46.2 Å². The van der Waals surface area contributed by atoms with E-state index in [0.717, 1.165) is 21.8 Å². The Morgan fingerprint density at radius 3 is 2.88 bits per heavy atom. The summed E-state index contributed by atoms with van der Waals surface area (Å²) in [5, 5.41) is 4.25. The molecule has 2 N–H and O–H groups in total. The number of quaternary nitrogens is 1. The summed E-state index contributed by atoms with van der Waals surface area (Å²) in [6.45, 7) is 1.53. The van der Waals surface area contributed by atoms with E-state index < -0.39 is 0 Å². The highest BCUT2D eigenvalue weighted by Crippen LogP contribution is 2.36. The molecule has 7 nitrogen and oxygen atoms in total. The highest BCUT2D eigenvalue weighted by molar-refractivity contribution is 7.99. The molecule has 0 atom stereocenters. The van der Waals surface area contributed by atoms with Gasteiger partial charge in [-0.2, -0.15) is 10.6 Å². The Bertz CT molecular complexity index is 880. The van der Waals surface area contributed by atoms with Gasteiger partial charge in [0.15, 0.2) is 5.69 Å². The van der Waals surface area contributed by atoms with E-state index in [0.29, 0.717) is 5.82 Å². The molecule has 0 aromatic carbocycles. The van der Waals surface area contributed by atoms with Crippen molar-refractivity contribution in [1.82, 2.24) is 14.6 Å². The molecule has 3 aromatic heterocycles. The predicted molar refractivity (Wildman–Crippen MR) is 92.6 cm³/mol. The van der Waals surface area contributed by atoms with E-state index in [4.69, 9.17) is 4.84 Å². The molecule has 8 heteroatoms. The average Bonchev–Trinajstić information content (AvgIpc) is 3.04. The van der Waals surface area contributed by atoms with Crippen molar-refractivity contribution in [1.29, 1.82) is 0 Å². The summed E-state index contributed by atoms with van der Waals surface area (Å²) in [5.41, 5.74) is 4.18. The summed E-state index contributed by atoms with van der Waals surface area (Å²) in [4.78, 5) is 24.3. The molecule has 0 saturated carbocycles. The number of amides is 1. The minimum atomic E-state index is -0.115. The summed E-state index contributed by atoms with van der Waals surface area (Å²) in [5.74, 6) is 0.434. The number of nitrogens with two attached hydrogens (primary N) is 1. The number of hydrogen-bond acceptors (Lipinski definition) is 5. The lowest BCUT2D eigenvalue weighted by Gasteiger charge is -2.23. The summed E-state index contributed by atoms with van der Waals surface area (Å²) in [7, 11) is 1.59. The van der Waals surface area contributed by atoms with E-state index in [2.05, 4.69) is 10.1 Å². The molecule has 0 spiro atoms. The number of nitrogens with zero attached hydrogens (tertiary/aromatic N) is 4. The predicted octanol–water partition coefficient (Wildman–Crippen LogP) is 1.89. The van der Waals surface area contributed by atoms with Gasteiger partial charge in [0, 0.05) is 31.5 Å². The number of pyridine rings is 2. The van der Waals surface area contributed by atoms with Crippen molar-refractivity contribution >= 4 is 40.4 Å². The molecule has 3 heterocycles. The maximum absolute atomic E-state index is 12.4. The summed E-state index contributed by atoms with van der Waals surface area (Å²) < 4.78 is 1.79. The molecule has 0 bridgehead atoms. The van der Waals surface area contributed by atoms with Crippen LogP contribution in [0.25, 0.3) is 5.52 Å². The molecule has 0 saturated heterocycles. The number of carbonyl (C=O) groups is 1. The molecule has 0 aliphatic heterocycles. The molecule has 0 fully saturated rings. The third-order valence-corrected chi connectivity index (χ3v) is 4.35. The molecular weight excluding hydrogens is 326 g/mol. The van der Waals surface area contributed by atoms with Gasteiger partial charge >= 0.3 is 0 Å². The molecule has 0 radical (unpaired) electrons. The van der Waals surface area contributed by atoms with Crippen molar-refractivity contribution < 1.29 is 15.1 Å². The van der Waals surface area contributed by atoms with Gasteiger partial charge in [-0.25, -0.2) is 14.3 Å². The number of aromatic nitrogens is 3. The second kappa shape index (κ2) is 7.00. The van der Waals surface area contributed by atoms with Gasteiger partial charge in [0.25, 0.3) is 0 Å². The van der Waals surface area contributed by atoms with E-state index in [9.17, 15) is 4.79 Å². The van der Waals surface area contributed by atoms with Gasteiger partial charge in [-0.15, -0.1) is 11.8 Å². The summed E-state index contributed by atoms with van der Waals surface area (Å²) >= 11 is 1.57. The van der Waals surface area contributed by atoms with Crippen molar-refractivity contribution in [2.75, 3.05) is 18.3 Å². The number of hydrogen-bond donors (Lipinski definition) is 1. The molecule has 3 rings (SSSR count). The second-order valence-corrected chi connectivity index (χ2v) is 5.87. The standard InChI is InChI=1S/C16H17N5O2S/c1-11(22)21(15-10-12(19-23-2)4-7-17-15)14-6-9-20-13(5-8-18-20)16(14)24-3/h4-10H,1-3H3,(H,17,19)/p+1. The van der Waals surface area contributed by atoms with Crippen LogP contribution in [0.2, 0.25) is 0 Å². The van der Waals surface area contributed by atoms with Crippen LogP contribution in [0.3, 0.4) is 0 Å². The summed E-state index contributed by atoms with van der Waals surface area (Å²) in [6, 6.07) is 7.44. The molecular formula is C16H18N5O2S+. The van der Waals surface area contributed by atoms with Gasteiger partial charge < -0.3 is 0 Å². The van der Waals surface area contributed by atoms with Crippen LogP contribution in [0.15, 0.2) is 47.8 Å². The third kappa shape index (κ3) is 2.99. The van der Waals surface area contributed by atoms with Crippen LogP contribution >= 0.6 is 11.8 Å². The topological polar surface area (TPSA) is 76.3 Å². The van der Waals surface area contributed by atoms with Crippen molar-refractivity contribution in [3.8, 4) is 0 Å². The first-order chi connectivity index (χ1) is 11.7. The number of rotatable bonds is 5. The van der Waals surface area contributed by atoms with E-state index in [1.807, 2.05) is 36.7 Å². The van der Waals surface area contributed by atoms with Crippen molar-refractivity contribution in [2.45, 2.75) is 11.8 Å². The third-order valence-electron chi connectivity index (χ3n) is 3.52. The highest BCUT2D eigenvalue weighted by Gasteiger charge is 2.21. The lowest BCUT2D eigenvalue weighted by Crippen LogP contribution is -2.75. The van der Waals surface area contributed by atoms with Crippen LogP contribution < -0.4 is 10.4 Å². The normalized spacial score (nSPS) is 11.0. The van der Waals surface area contributed by atoms with Gasteiger partial charge in [-0.05, 0) is 18.4 Å². The van der Waals surface area contributed by atoms with Crippen LogP contribution in [0.5, 0.6) is 0 Å². The molecule has 1 amide bonds. The smallest absolute Gasteiger partial charge is 0.229 e. The Kier molecular flexibility index (Phi) is 4.79. The van der Waals surface area contributed by atoms with Crippen LogP contribution in [0.1, 0.15) is 6.92 Å². The maximum Gasteiger partial charge on any atom is 0.229 e. The number of thioether (sulfide) groups is 1. The van der Waals surface area contributed by atoms with Crippen molar-refractivity contribution in [2.24, 2.45) is 0 Å². The van der Waals surface area contributed by atoms with Crippen LogP contribution in [0.4, 0.5) is 17.2 Å². The zero-order valence-corrected chi connectivity index (χ0v) is 14.4. The van der Waals surface area contributed by atoms with E-state index >= 15 is 0 Å². The Hall–Kier alpha value is -2.42. The minimum absolute atomic E-state index is 0.115. The number of anilines is 2. The number of fused-ring (bicyclic) bond motifs is 1.